The monoisotopic (exact) mass is 535 g/mol. The van der Waals surface area contributed by atoms with Gasteiger partial charge in [-0.1, -0.05) is 60.4 Å². The first-order valence-corrected chi connectivity index (χ1v) is 15.6. The Labute approximate surface area is 240 Å². The Balaban J connectivity index is 1.46. The van der Waals surface area contributed by atoms with Crippen LogP contribution in [0.3, 0.4) is 0 Å². The van der Waals surface area contributed by atoms with Gasteiger partial charge in [0.1, 0.15) is 5.78 Å². The quantitative estimate of drug-likeness (QED) is 0.178. The van der Waals surface area contributed by atoms with Crippen molar-refractivity contribution in [3.8, 4) is 0 Å². The number of nitrogens with one attached hydrogen (secondary N) is 1. The van der Waals surface area contributed by atoms with Gasteiger partial charge in [-0.25, -0.2) is 0 Å². The number of hydrogen-bond acceptors (Lipinski definition) is 2. The lowest BCUT2D eigenvalue weighted by Gasteiger charge is -2.65. The van der Waals surface area contributed by atoms with Crippen LogP contribution >= 0.6 is 0 Å². The molecule has 0 spiro atoms. The molecule has 4 saturated carbocycles. The largest absolute Gasteiger partial charge is 0.350 e. The topological polar surface area (TPSA) is 46.2 Å². The van der Waals surface area contributed by atoms with Crippen LogP contribution in [-0.4, -0.2) is 17.2 Å². The standard InChI is InChI=1S/C36H57NO2/c1-26(2)12-9-13-27(3)14-10-15-28(4)16-11-17-29(5)18-19-32(30(6)38)33(39)37-36-22-31-20-34(7,24-36)23-35(8,21-31)25-36/h12,14,16,18,31-32H,9-11,13,15,17,19-25H2,1-8H3,(H,37,39)/b27-14+,28-16+,29-18+. The second-order valence-electron chi connectivity index (χ2n) is 14.8. The van der Waals surface area contributed by atoms with Crippen molar-refractivity contribution in [2.75, 3.05) is 0 Å². The van der Waals surface area contributed by atoms with E-state index < -0.39 is 5.92 Å². The fourth-order valence-electron chi connectivity index (χ4n) is 8.70. The van der Waals surface area contributed by atoms with E-state index in [1.807, 2.05) is 0 Å². The summed E-state index contributed by atoms with van der Waals surface area (Å²) >= 11 is 0. The van der Waals surface area contributed by atoms with E-state index >= 15 is 0 Å². The molecule has 4 rings (SSSR count). The van der Waals surface area contributed by atoms with Crippen LogP contribution in [0.5, 0.6) is 0 Å². The van der Waals surface area contributed by atoms with Crippen molar-refractivity contribution in [3.05, 3.63) is 46.6 Å². The lowest BCUT2D eigenvalue weighted by atomic mass is 9.42. The molecule has 1 amide bonds. The van der Waals surface area contributed by atoms with E-state index in [0.29, 0.717) is 17.3 Å². The minimum Gasteiger partial charge on any atom is -0.350 e. The Kier molecular flexibility index (Phi) is 10.7. The molecule has 0 aromatic rings. The van der Waals surface area contributed by atoms with Crippen LogP contribution < -0.4 is 5.32 Å². The summed E-state index contributed by atoms with van der Waals surface area (Å²) < 4.78 is 0. The van der Waals surface area contributed by atoms with E-state index in [4.69, 9.17) is 0 Å². The van der Waals surface area contributed by atoms with E-state index in [-0.39, 0.29) is 17.2 Å². The van der Waals surface area contributed by atoms with Crippen molar-refractivity contribution in [2.24, 2.45) is 22.7 Å². The van der Waals surface area contributed by atoms with Gasteiger partial charge in [-0.15, -0.1) is 0 Å². The van der Waals surface area contributed by atoms with Gasteiger partial charge >= 0.3 is 0 Å². The summed E-state index contributed by atoms with van der Waals surface area (Å²) in [6, 6.07) is 0. The lowest BCUT2D eigenvalue weighted by molar-refractivity contribution is -0.145. The van der Waals surface area contributed by atoms with Crippen molar-refractivity contribution < 1.29 is 9.59 Å². The molecule has 4 aliphatic carbocycles. The van der Waals surface area contributed by atoms with Gasteiger partial charge in [0.2, 0.25) is 5.91 Å². The average Bonchev–Trinajstić information content (AvgIpc) is 2.75. The maximum atomic E-state index is 13.5. The first kappa shape index (κ1) is 31.6. The number of allylic oxidation sites excluding steroid dienone is 8. The van der Waals surface area contributed by atoms with Gasteiger partial charge in [0.15, 0.2) is 0 Å². The van der Waals surface area contributed by atoms with Crippen LogP contribution in [0.25, 0.3) is 0 Å². The summed E-state index contributed by atoms with van der Waals surface area (Å²) in [7, 11) is 0. The molecule has 4 bridgehead atoms. The number of carbonyl (C=O) groups excluding carboxylic acids is 2. The van der Waals surface area contributed by atoms with Crippen molar-refractivity contribution in [1.29, 1.82) is 0 Å². The van der Waals surface area contributed by atoms with Crippen molar-refractivity contribution in [1.82, 2.24) is 5.32 Å². The minimum atomic E-state index is -0.572. The third-order valence-corrected chi connectivity index (χ3v) is 9.68. The number of ketones is 1. The van der Waals surface area contributed by atoms with Crippen LogP contribution in [0.15, 0.2) is 46.6 Å². The highest BCUT2D eigenvalue weighted by Gasteiger charge is 2.60. The molecule has 3 heteroatoms. The Bertz CT molecular complexity index is 1000. The SMILES string of the molecule is CC(=O)C(C/C=C(\C)CC/C=C(\C)CC/C=C(\C)CCC=C(C)C)C(=O)NC12CC3CC(C)(CC(C)(C3)C1)C2. The molecule has 4 fully saturated rings. The molecule has 0 aliphatic heterocycles. The molecular formula is C36H57NO2. The Morgan fingerprint density at radius 2 is 1.21 bits per heavy atom. The number of carbonyl (C=O) groups is 2. The maximum Gasteiger partial charge on any atom is 0.231 e. The van der Waals surface area contributed by atoms with Crippen LogP contribution in [-0.2, 0) is 9.59 Å². The van der Waals surface area contributed by atoms with Crippen LogP contribution in [0.1, 0.15) is 139 Å². The van der Waals surface area contributed by atoms with Crippen molar-refractivity contribution >= 4 is 11.7 Å². The van der Waals surface area contributed by atoms with Gasteiger partial charge in [0, 0.05) is 5.54 Å². The second-order valence-corrected chi connectivity index (χ2v) is 14.8. The first-order valence-electron chi connectivity index (χ1n) is 15.6. The fourth-order valence-corrected chi connectivity index (χ4v) is 8.70. The molecular weight excluding hydrogens is 478 g/mol. The zero-order valence-corrected chi connectivity index (χ0v) is 26.5. The summed E-state index contributed by atoms with van der Waals surface area (Å²) in [4.78, 5) is 26.0. The molecule has 0 radical (unpaired) electrons. The molecule has 0 heterocycles. The highest BCUT2D eigenvalue weighted by molar-refractivity contribution is 6.00. The first-order chi connectivity index (χ1) is 18.2. The summed E-state index contributed by atoms with van der Waals surface area (Å²) in [6.45, 7) is 17.4. The molecule has 3 unspecified atom stereocenters. The third kappa shape index (κ3) is 9.32. The number of hydrogen-bond donors (Lipinski definition) is 1. The van der Waals surface area contributed by atoms with E-state index in [1.165, 1.54) is 41.6 Å². The smallest absolute Gasteiger partial charge is 0.231 e. The second kappa shape index (κ2) is 13.2. The fraction of sp³-hybridized carbons (Fsp3) is 0.722. The predicted molar refractivity (Wildman–Crippen MR) is 165 cm³/mol. The molecule has 4 aliphatic rings. The molecule has 3 nitrogen and oxygen atoms in total. The number of rotatable bonds is 14. The van der Waals surface area contributed by atoms with Crippen LogP contribution in [0.2, 0.25) is 0 Å². The Hall–Kier alpha value is -1.90. The molecule has 0 aromatic carbocycles. The maximum absolute atomic E-state index is 13.5. The molecule has 0 saturated heterocycles. The molecule has 1 N–H and O–H groups in total. The summed E-state index contributed by atoms with van der Waals surface area (Å²) in [5, 5.41) is 3.48. The van der Waals surface area contributed by atoms with E-state index in [2.05, 4.69) is 78.1 Å². The minimum absolute atomic E-state index is 0.0151. The summed E-state index contributed by atoms with van der Waals surface area (Å²) in [5.41, 5.74) is 6.17. The predicted octanol–water partition coefficient (Wildman–Crippen LogP) is 9.59. The molecule has 3 atom stereocenters. The Morgan fingerprint density at radius 1 is 0.718 bits per heavy atom. The zero-order chi connectivity index (χ0) is 28.8. The van der Waals surface area contributed by atoms with Gasteiger partial charge < -0.3 is 5.32 Å². The molecule has 218 valence electrons. The van der Waals surface area contributed by atoms with Crippen molar-refractivity contribution in [2.45, 2.75) is 144 Å². The lowest BCUT2D eigenvalue weighted by Crippen LogP contribution is -2.65. The van der Waals surface area contributed by atoms with Crippen LogP contribution in [0, 0.1) is 22.7 Å². The van der Waals surface area contributed by atoms with E-state index in [1.54, 1.807) is 6.92 Å². The number of amides is 1. The van der Waals surface area contributed by atoms with E-state index in [0.717, 1.165) is 63.7 Å². The zero-order valence-electron chi connectivity index (χ0n) is 26.5. The van der Waals surface area contributed by atoms with Gasteiger partial charge in [0.05, 0.1) is 5.92 Å². The average molecular weight is 536 g/mol. The van der Waals surface area contributed by atoms with Gasteiger partial charge in [-0.2, -0.15) is 0 Å². The van der Waals surface area contributed by atoms with Crippen molar-refractivity contribution in [3.63, 3.8) is 0 Å². The highest BCUT2D eigenvalue weighted by atomic mass is 16.2. The van der Waals surface area contributed by atoms with Gasteiger partial charge in [-0.05, 0) is 142 Å². The summed E-state index contributed by atoms with van der Waals surface area (Å²) in [5.74, 6) is 0.0930. The Morgan fingerprint density at radius 3 is 1.67 bits per heavy atom. The number of Topliss-reactive ketones (excluding diaryl/α,β-unsaturated/α-hetero) is 1. The van der Waals surface area contributed by atoms with Crippen LogP contribution in [0.4, 0.5) is 0 Å². The molecule has 0 aromatic heterocycles. The van der Waals surface area contributed by atoms with E-state index in [9.17, 15) is 9.59 Å². The van der Waals surface area contributed by atoms with Gasteiger partial charge in [-0.3, -0.25) is 9.59 Å². The summed E-state index contributed by atoms with van der Waals surface area (Å²) in [6.07, 6.45) is 23.3. The highest BCUT2D eigenvalue weighted by Crippen LogP contribution is 2.66. The normalized spacial score (nSPS) is 31.3. The molecule has 39 heavy (non-hydrogen) atoms. The third-order valence-electron chi connectivity index (χ3n) is 9.68. The van der Waals surface area contributed by atoms with Gasteiger partial charge in [0.25, 0.3) is 0 Å².